The molecule has 38 heavy (non-hydrogen) atoms. The second-order valence-electron chi connectivity index (χ2n) is 9.35. The number of carbonyl (C=O) groups excluding carboxylic acids is 2. The maximum Gasteiger partial charge on any atom is 0.418 e. The van der Waals surface area contributed by atoms with Crippen LogP contribution in [0.15, 0.2) is 71.7 Å². The summed E-state index contributed by atoms with van der Waals surface area (Å²) >= 11 is 0. The smallest absolute Gasteiger partial charge is 0.380 e. The zero-order valence-corrected chi connectivity index (χ0v) is 20.6. The Labute approximate surface area is 217 Å². The molecule has 1 atom stereocenters. The van der Waals surface area contributed by atoms with Gasteiger partial charge in [-0.1, -0.05) is 24.3 Å². The predicted molar refractivity (Wildman–Crippen MR) is 136 cm³/mol. The number of halogens is 3. The van der Waals surface area contributed by atoms with Crippen LogP contribution < -0.4 is 16.2 Å². The molecule has 7 nitrogen and oxygen atoms in total. The van der Waals surface area contributed by atoms with E-state index in [0.717, 1.165) is 11.6 Å². The van der Waals surface area contributed by atoms with Gasteiger partial charge >= 0.3 is 6.18 Å². The number of aromatic nitrogens is 1. The number of ether oxygens (including phenoxy) is 1. The number of amides is 1. The number of alkyl halides is 3. The molecule has 0 radical (unpaired) electrons. The van der Waals surface area contributed by atoms with Crippen LogP contribution in [0.3, 0.4) is 0 Å². The molecule has 200 valence electrons. The molecule has 1 aromatic heterocycles. The van der Waals surface area contributed by atoms with Crippen molar-refractivity contribution in [3.8, 4) is 0 Å². The van der Waals surface area contributed by atoms with Gasteiger partial charge in [0.15, 0.2) is 5.78 Å². The number of anilines is 2. The molecule has 3 N–H and O–H groups in total. The van der Waals surface area contributed by atoms with Gasteiger partial charge in [-0.2, -0.15) is 13.2 Å². The second kappa shape index (κ2) is 11.6. The summed E-state index contributed by atoms with van der Waals surface area (Å²) in [6.07, 6.45) is -1.34. The zero-order chi connectivity index (χ0) is 27.2. The first-order valence-electron chi connectivity index (χ1n) is 12.3. The highest BCUT2D eigenvalue weighted by atomic mass is 19.4. The van der Waals surface area contributed by atoms with Crippen molar-refractivity contribution < 1.29 is 27.5 Å². The van der Waals surface area contributed by atoms with E-state index < -0.39 is 17.2 Å². The minimum absolute atomic E-state index is 0.0400. The van der Waals surface area contributed by atoms with Crippen LogP contribution in [0.1, 0.15) is 47.2 Å². The van der Waals surface area contributed by atoms with E-state index in [-0.39, 0.29) is 42.5 Å². The number of ketones is 1. The number of rotatable bonds is 10. The van der Waals surface area contributed by atoms with Gasteiger partial charge in [0.05, 0.1) is 23.3 Å². The third-order valence-electron chi connectivity index (χ3n) is 6.66. The predicted octanol–water partition coefficient (Wildman–Crippen LogP) is 5.21. The summed E-state index contributed by atoms with van der Waals surface area (Å²) in [6, 6.07) is 14.9. The van der Waals surface area contributed by atoms with Gasteiger partial charge < -0.3 is 20.4 Å². The van der Waals surface area contributed by atoms with Crippen molar-refractivity contribution in [2.24, 2.45) is 5.41 Å². The summed E-state index contributed by atoms with van der Waals surface area (Å²) in [6.45, 7) is 0.959. The third-order valence-corrected chi connectivity index (χ3v) is 6.66. The fourth-order valence-electron chi connectivity index (χ4n) is 4.52. The molecule has 4 rings (SSSR count). The first kappa shape index (κ1) is 27.1. The Bertz CT molecular complexity index is 1330. The number of benzene rings is 2. The lowest BCUT2D eigenvalue weighted by Gasteiger charge is -2.26. The molecule has 0 bridgehead atoms. The van der Waals surface area contributed by atoms with Gasteiger partial charge in [-0.05, 0) is 55.2 Å². The summed E-state index contributed by atoms with van der Waals surface area (Å²) in [4.78, 5) is 39.5. The molecular formula is C28H28F3N3O4. The van der Waals surface area contributed by atoms with Crippen LogP contribution in [0.2, 0.25) is 0 Å². The fraction of sp³-hybridized carbons (Fsp3) is 0.321. The largest absolute Gasteiger partial charge is 0.418 e. The number of nitrogens with one attached hydrogen (secondary N) is 3. The molecule has 1 aliphatic heterocycles. The number of hydrogen-bond donors (Lipinski definition) is 3. The molecule has 2 heterocycles. The van der Waals surface area contributed by atoms with E-state index in [9.17, 15) is 27.6 Å². The van der Waals surface area contributed by atoms with E-state index in [0.29, 0.717) is 37.1 Å². The van der Waals surface area contributed by atoms with E-state index in [1.165, 1.54) is 30.5 Å². The summed E-state index contributed by atoms with van der Waals surface area (Å²) < 4.78 is 45.2. The Morgan fingerprint density at radius 2 is 1.82 bits per heavy atom. The summed E-state index contributed by atoms with van der Waals surface area (Å²) in [5.74, 6) is -0.322. The molecule has 1 amide bonds. The molecule has 1 aliphatic rings. The number of Topliss-reactive ketones (excluding diaryl/α,β-unsaturated/α-hetero) is 1. The van der Waals surface area contributed by atoms with Crippen LogP contribution in [0, 0.1) is 5.41 Å². The van der Waals surface area contributed by atoms with Crippen molar-refractivity contribution in [3.05, 3.63) is 93.9 Å². The minimum atomic E-state index is -4.47. The molecule has 1 saturated heterocycles. The van der Waals surface area contributed by atoms with E-state index in [1.54, 1.807) is 30.3 Å². The molecule has 2 aromatic carbocycles. The molecule has 1 unspecified atom stereocenters. The normalized spacial score (nSPS) is 17.2. The monoisotopic (exact) mass is 527 g/mol. The Hall–Kier alpha value is -3.92. The summed E-state index contributed by atoms with van der Waals surface area (Å²) in [7, 11) is 0. The summed E-state index contributed by atoms with van der Waals surface area (Å²) in [5, 5.41) is 5.74. The van der Waals surface area contributed by atoms with Crippen LogP contribution in [0.25, 0.3) is 0 Å². The highest BCUT2D eigenvalue weighted by Gasteiger charge is 2.41. The van der Waals surface area contributed by atoms with Gasteiger partial charge in [0.2, 0.25) is 11.5 Å². The average Bonchev–Trinajstić information content (AvgIpc) is 3.38. The lowest BCUT2D eigenvalue weighted by molar-refractivity contribution is -0.137. The molecule has 1 fully saturated rings. The maximum atomic E-state index is 13.2. The van der Waals surface area contributed by atoms with Gasteiger partial charge in [-0.15, -0.1) is 0 Å². The van der Waals surface area contributed by atoms with Crippen LogP contribution >= 0.6 is 0 Å². The zero-order valence-electron chi connectivity index (χ0n) is 20.6. The van der Waals surface area contributed by atoms with Crippen molar-refractivity contribution in [2.45, 2.75) is 38.4 Å². The lowest BCUT2D eigenvalue weighted by Crippen LogP contribution is -2.41. The van der Waals surface area contributed by atoms with Gasteiger partial charge in [0.1, 0.15) is 0 Å². The quantitative estimate of drug-likeness (QED) is 0.314. The first-order valence-corrected chi connectivity index (χ1v) is 12.3. The van der Waals surface area contributed by atoms with Crippen LogP contribution in [-0.4, -0.2) is 29.9 Å². The van der Waals surface area contributed by atoms with Crippen molar-refractivity contribution in [1.82, 2.24) is 10.3 Å². The number of para-hydroxylation sites is 1. The van der Waals surface area contributed by atoms with Crippen LogP contribution in [-0.2, 0) is 22.3 Å². The second-order valence-corrected chi connectivity index (χ2v) is 9.35. The maximum absolute atomic E-state index is 13.2. The fourth-order valence-corrected chi connectivity index (χ4v) is 4.52. The van der Waals surface area contributed by atoms with E-state index in [4.69, 9.17) is 4.74 Å². The SMILES string of the molecule is O=C(CCCC1(C(=O)NCc2ccc(Nc3ccccc3C(F)(F)F)cc2)CCOC1)c1cc[nH]c(=O)c1. The number of pyridine rings is 1. The lowest BCUT2D eigenvalue weighted by atomic mass is 9.80. The molecule has 3 aromatic rings. The standard InChI is InChI=1S/C28H28F3N3O4/c29-28(30,31)22-4-1-2-5-23(22)34-21-9-7-19(8-10-21)17-33-26(37)27(13-15-38-18-27)12-3-6-24(35)20-11-14-32-25(36)16-20/h1-2,4-5,7-11,14,16,34H,3,6,12-13,15,17-18H2,(H,32,36)(H,33,37). The highest BCUT2D eigenvalue weighted by molar-refractivity contribution is 5.95. The average molecular weight is 528 g/mol. The Morgan fingerprint density at radius 3 is 2.50 bits per heavy atom. The third kappa shape index (κ3) is 6.69. The highest BCUT2D eigenvalue weighted by Crippen LogP contribution is 2.36. The van der Waals surface area contributed by atoms with E-state index >= 15 is 0 Å². The van der Waals surface area contributed by atoms with Gasteiger partial charge in [0, 0.05) is 43.1 Å². The number of H-pyrrole nitrogens is 1. The van der Waals surface area contributed by atoms with Crippen LogP contribution in [0.5, 0.6) is 0 Å². The van der Waals surface area contributed by atoms with Crippen LogP contribution in [0.4, 0.5) is 24.5 Å². The summed E-state index contributed by atoms with van der Waals surface area (Å²) in [5.41, 5.74) is -0.256. The molecular weight excluding hydrogens is 499 g/mol. The molecule has 0 aliphatic carbocycles. The van der Waals surface area contributed by atoms with Gasteiger partial charge in [0.25, 0.3) is 0 Å². The molecule has 0 saturated carbocycles. The van der Waals surface area contributed by atoms with Crippen molar-refractivity contribution in [2.75, 3.05) is 18.5 Å². The number of hydrogen-bond acceptors (Lipinski definition) is 5. The van der Waals surface area contributed by atoms with Gasteiger partial charge in [-0.3, -0.25) is 14.4 Å². The van der Waals surface area contributed by atoms with Crippen molar-refractivity contribution >= 4 is 23.1 Å². The first-order chi connectivity index (χ1) is 18.2. The minimum Gasteiger partial charge on any atom is -0.380 e. The van der Waals surface area contributed by atoms with E-state index in [1.807, 2.05) is 0 Å². The topological polar surface area (TPSA) is 100 Å². The van der Waals surface area contributed by atoms with E-state index in [2.05, 4.69) is 15.6 Å². The van der Waals surface area contributed by atoms with Gasteiger partial charge in [-0.25, -0.2) is 0 Å². The van der Waals surface area contributed by atoms with Crippen molar-refractivity contribution in [3.63, 3.8) is 0 Å². The Morgan fingerprint density at radius 1 is 1.05 bits per heavy atom. The molecule has 10 heteroatoms. The molecule has 0 spiro atoms. The Kier molecular flexibility index (Phi) is 8.31. The van der Waals surface area contributed by atoms with Crippen molar-refractivity contribution in [1.29, 1.82) is 0 Å². The Balaban J connectivity index is 1.32. The number of aromatic amines is 1. The number of carbonyl (C=O) groups is 2.